The smallest absolute Gasteiger partial charge is 0.242 e. The summed E-state index contributed by atoms with van der Waals surface area (Å²) in [6.07, 6.45) is 2.90. The molecule has 0 fully saturated rings. The summed E-state index contributed by atoms with van der Waals surface area (Å²) in [6.45, 7) is 9.11. The van der Waals surface area contributed by atoms with Gasteiger partial charge in [-0.05, 0) is 53.6 Å². The average molecular weight is 461 g/mol. The molecule has 1 aromatic heterocycles. The van der Waals surface area contributed by atoms with E-state index in [-0.39, 0.29) is 30.3 Å². The molecule has 0 bridgehead atoms. The van der Waals surface area contributed by atoms with Crippen molar-refractivity contribution in [2.75, 3.05) is 26.2 Å². The van der Waals surface area contributed by atoms with Crippen LogP contribution in [0.1, 0.15) is 36.8 Å². The molecule has 2 heterocycles. The van der Waals surface area contributed by atoms with Gasteiger partial charge in [0.15, 0.2) is 0 Å². The molecule has 0 saturated heterocycles. The fourth-order valence-corrected chi connectivity index (χ4v) is 4.78. The van der Waals surface area contributed by atoms with E-state index in [9.17, 15) is 9.59 Å². The molecule has 0 radical (unpaired) electrons. The highest BCUT2D eigenvalue weighted by molar-refractivity contribution is 7.10. The third-order valence-electron chi connectivity index (χ3n) is 5.25. The Morgan fingerprint density at radius 2 is 2.06 bits per heavy atom. The average Bonchev–Trinajstić information content (AvgIpc) is 3.21. The highest BCUT2D eigenvalue weighted by Gasteiger charge is 2.33. The molecule has 31 heavy (non-hydrogen) atoms. The zero-order valence-electron chi connectivity index (χ0n) is 18.1. The lowest BCUT2D eigenvalue weighted by atomic mass is 10.0. The number of nitrogens with zero attached hydrogens (tertiary/aromatic N) is 2. The van der Waals surface area contributed by atoms with Crippen molar-refractivity contribution >= 4 is 34.8 Å². The molecule has 166 valence electrons. The molecule has 3 rings (SSSR count). The lowest BCUT2D eigenvalue weighted by molar-refractivity contribution is -0.142. The number of thiophene rings is 1. The quantitative estimate of drug-likeness (QED) is 0.496. The van der Waals surface area contributed by atoms with E-state index in [4.69, 9.17) is 16.3 Å². The van der Waals surface area contributed by atoms with E-state index in [0.29, 0.717) is 36.9 Å². The van der Waals surface area contributed by atoms with E-state index in [0.717, 1.165) is 12.0 Å². The monoisotopic (exact) mass is 460 g/mol. The van der Waals surface area contributed by atoms with Crippen molar-refractivity contribution in [3.63, 3.8) is 0 Å². The number of carbonyl (C=O) groups is 2. The molecule has 1 atom stereocenters. The number of carbonyl (C=O) groups excluding carboxylic acids is 2. The van der Waals surface area contributed by atoms with Gasteiger partial charge in [-0.15, -0.1) is 17.9 Å². The third kappa shape index (κ3) is 6.11. The van der Waals surface area contributed by atoms with Gasteiger partial charge in [0.1, 0.15) is 18.9 Å². The lowest BCUT2D eigenvalue weighted by Gasteiger charge is -2.37. The molecule has 5 nitrogen and oxygen atoms in total. The minimum Gasteiger partial charge on any atom is -0.491 e. The molecule has 0 spiro atoms. The topological polar surface area (TPSA) is 49.9 Å². The van der Waals surface area contributed by atoms with Crippen LogP contribution in [0.4, 0.5) is 0 Å². The van der Waals surface area contributed by atoms with Crippen LogP contribution >= 0.6 is 22.9 Å². The predicted octanol–water partition coefficient (Wildman–Crippen LogP) is 4.97. The van der Waals surface area contributed by atoms with E-state index in [2.05, 4.69) is 18.0 Å². The predicted molar refractivity (Wildman–Crippen MR) is 126 cm³/mol. The van der Waals surface area contributed by atoms with E-state index >= 15 is 0 Å². The fourth-order valence-electron chi connectivity index (χ4n) is 3.72. The van der Waals surface area contributed by atoms with E-state index in [1.54, 1.807) is 34.4 Å². The van der Waals surface area contributed by atoms with Gasteiger partial charge in [0.25, 0.3) is 0 Å². The summed E-state index contributed by atoms with van der Waals surface area (Å²) in [4.78, 5) is 30.6. The molecule has 2 amide bonds. The number of amides is 2. The van der Waals surface area contributed by atoms with Crippen LogP contribution in [-0.4, -0.2) is 47.9 Å². The van der Waals surface area contributed by atoms with Crippen molar-refractivity contribution in [2.24, 2.45) is 5.92 Å². The Morgan fingerprint density at radius 3 is 2.74 bits per heavy atom. The first-order valence-corrected chi connectivity index (χ1v) is 11.8. The molecule has 2 aromatic rings. The molecular formula is C24H29ClN2O3S. The van der Waals surface area contributed by atoms with Crippen molar-refractivity contribution in [1.29, 1.82) is 0 Å². The van der Waals surface area contributed by atoms with Crippen molar-refractivity contribution in [3.8, 4) is 5.75 Å². The standard InChI is InChI=1S/C24H29ClN2O3S/c1-4-11-26(23(28)14-17(2)3)15-24(29)27-12-9-22-20(10-13-31-22)21(27)16-30-19-7-5-18(25)6-8-19/h4-8,10,13,17,21H,1,9,11-12,14-16H2,2-3H3/t21-/m1/s1. The molecule has 0 unspecified atom stereocenters. The fraction of sp³-hybridized carbons (Fsp3) is 0.417. The minimum absolute atomic E-state index is 0.0227. The maximum absolute atomic E-state index is 13.3. The van der Waals surface area contributed by atoms with Gasteiger partial charge in [-0.1, -0.05) is 31.5 Å². The molecule has 1 aromatic carbocycles. The van der Waals surface area contributed by atoms with Crippen LogP contribution in [0.5, 0.6) is 5.75 Å². The summed E-state index contributed by atoms with van der Waals surface area (Å²) < 4.78 is 6.02. The number of benzene rings is 1. The van der Waals surface area contributed by atoms with Crippen molar-refractivity contribution in [3.05, 3.63) is 63.8 Å². The second-order valence-corrected chi connectivity index (χ2v) is 9.51. The largest absolute Gasteiger partial charge is 0.491 e. The lowest BCUT2D eigenvalue weighted by Crippen LogP contribution is -2.48. The number of halogens is 1. The highest BCUT2D eigenvalue weighted by Crippen LogP contribution is 2.34. The summed E-state index contributed by atoms with van der Waals surface area (Å²) in [6, 6.07) is 9.09. The third-order valence-corrected chi connectivity index (χ3v) is 6.50. The van der Waals surface area contributed by atoms with Gasteiger partial charge in [-0.3, -0.25) is 9.59 Å². The van der Waals surface area contributed by atoms with E-state index in [1.807, 2.05) is 30.9 Å². The Morgan fingerprint density at radius 1 is 1.32 bits per heavy atom. The number of fused-ring (bicyclic) bond motifs is 1. The molecule has 0 saturated carbocycles. The first kappa shape index (κ1) is 23.4. The molecular weight excluding hydrogens is 432 g/mol. The van der Waals surface area contributed by atoms with Crippen molar-refractivity contribution in [2.45, 2.75) is 32.7 Å². The molecule has 1 aliphatic heterocycles. The van der Waals surface area contributed by atoms with Gasteiger partial charge < -0.3 is 14.5 Å². The van der Waals surface area contributed by atoms with Crippen LogP contribution in [0, 0.1) is 5.92 Å². The molecule has 1 aliphatic rings. The van der Waals surface area contributed by atoms with Crippen LogP contribution < -0.4 is 4.74 Å². The van der Waals surface area contributed by atoms with Crippen LogP contribution in [0.2, 0.25) is 5.02 Å². The van der Waals surface area contributed by atoms with Gasteiger partial charge in [-0.25, -0.2) is 0 Å². The van der Waals surface area contributed by atoms with Crippen LogP contribution in [0.25, 0.3) is 0 Å². The zero-order chi connectivity index (χ0) is 22.4. The summed E-state index contributed by atoms with van der Waals surface area (Å²) in [5.41, 5.74) is 1.13. The Balaban J connectivity index is 1.75. The molecule has 0 N–H and O–H groups in total. The first-order valence-electron chi connectivity index (χ1n) is 10.5. The maximum atomic E-state index is 13.3. The second-order valence-electron chi connectivity index (χ2n) is 8.08. The maximum Gasteiger partial charge on any atom is 0.242 e. The van der Waals surface area contributed by atoms with Gasteiger partial charge >= 0.3 is 0 Å². The first-order chi connectivity index (χ1) is 14.9. The Labute approximate surface area is 193 Å². The van der Waals surface area contributed by atoms with Crippen LogP contribution in [0.3, 0.4) is 0 Å². The number of rotatable bonds is 9. The van der Waals surface area contributed by atoms with Gasteiger partial charge in [0, 0.05) is 29.4 Å². The number of hydrogen-bond donors (Lipinski definition) is 0. The Kier molecular flexibility index (Phi) is 8.15. The van der Waals surface area contributed by atoms with Crippen molar-refractivity contribution in [1.82, 2.24) is 9.80 Å². The van der Waals surface area contributed by atoms with Gasteiger partial charge in [-0.2, -0.15) is 0 Å². The zero-order valence-corrected chi connectivity index (χ0v) is 19.6. The molecule has 0 aliphatic carbocycles. The van der Waals surface area contributed by atoms with Gasteiger partial charge in [0.05, 0.1) is 6.04 Å². The van der Waals surface area contributed by atoms with Crippen LogP contribution in [0.15, 0.2) is 48.4 Å². The van der Waals surface area contributed by atoms with E-state index in [1.165, 1.54) is 4.88 Å². The summed E-state index contributed by atoms with van der Waals surface area (Å²) in [5.74, 6) is 0.851. The summed E-state index contributed by atoms with van der Waals surface area (Å²) in [5, 5.41) is 2.71. The summed E-state index contributed by atoms with van der Waals surface area (Å²) >= 11 is 7.67. The van der Waals surface area contributed by atoms with Crippen LogP contribution in [-0.2, 0) is 16.0 Å². The van der Waals surface area contributed by atoms with Gasteiger partial charge in [0.2, 0.25) is 11.8 Å². The second kappa shape index (κ2) is 10.8. The number of hydrogen-bond acceptors (Lipinski definition) is 4. The Hall–Kier alpha value is -2.31. The van der Waals surface area contributed by atoms with E-state index < -0.39 is 0 Å². The molecule has 7 heteroatoms. The minimum atomic E-state index is -0.191. The Bertz CT molecular complexity index is 910. The van der Waals surface area contributed by atoms with Crippen molar-refractivity contribution < 1.29 is 14.3 Å². The summed E-state index contributed by atoms with van der Waals surface area (Å²) in [7, 11) is 0. The highest BCUT2D eigenvalue weighted by atomic mass is 35.5. The SMILES string of the molecule is C=CCN(CC(=O)N1CCc2sccc2[C@H]1COc1ccc(Cl)cc1)C(=O)CC(C)C. The normalized spacial score (nSPS) is 15.5. The number of ether oxygens (including phenoxy) is 1.